The van der Waals surface area contributed by atoms with Gasteiger partial charge in [-0.2, -0.15) is 0 Å². The molecule has 0 saturated carbocycles. The summed E-state index contributed by atoms with van der Waals surface area (Å²) in [5, 5.41) is 13.2. The average molecular weight is 847 g/mol. The number of para-hydroxylation sites is 2. The molecule has 3 aromatic carbocycles. The van der Waals surface area contributed by atoms with Gasteiger partial charge in [0.25, 0.3) is 0 Å². The first-order valence-corrected chi connectivity index (χ1v) is 17.8. The van der Waals surface area contributed by atoms with Crippen LogP contribution in [0.15, 0.2) is 93.6 Å². The summed E-state index contributed by atoms with van der Waals surface area (Å²) in [5.74, 6) is 1.42. The number of rotatable bonds is 8. The van der Waals surface area contributed by atoms with Gasteiger partial charge in [0.15, 0.2) is 5.78 Å². The molecule has 0 unspecified atom stereocenters. The SMILES string of the molecule is CC1(C)c2c(-c3cc4ccccc4o3)ccnc2-c2[c-]cc3oc4ccccc4c3c2C1(C)C.CCC(CC)C(=O)/C=C(\O)C(CC)CC.[Ir]. The molecular formula is C44H48IrNO4-. The second kappa shape index (κ2) is 14.7. The van der Waals surface area contributed by atoms with Crippen LogP contribution in [0.1, 0.15) is 92.2 Å². The van der Waals surface area contributed by atoms with Crippen molar-refractivity contribution >= 4 is 38.7 Å². The minimum atomic E-state index is -0.238. The normalized spacial score (nSPS) is 14.7. The minimum Gasteiger partial charge on any atom is -0.512 e. The molecular weight excluding hydrogens is 799 g/mol. The van der Waals surface area contributed by atoms with E-state index in [0.717, 1.165) is 75.8 Å². The Labute approximate surface area is 309 Å². The number of benzene rings is 3. The van der Waals surface area contributed by atoms with Gasteiger partial charge in [-0.05, 0) is 72.0 Å². The third kappa shape index (κ3) is 6.26. The molecule has 0 atom stereocenters. The van der Waals surface area contributed by atoms with Gasteiger partial charge < -0.3 is 18.9 Å². The molecule has 1 N–H and O–H groups in total. The predicted molar refractivity (Wildman–Crippen MR) is 201 cm³/mol. The van der Waals surface area contributed by atoms with Crippen LogP contribution in [-0.2, 0) is 35.7 Å². The van der Waals surface area contributed by atoms with E-state index in [1.54, 1.807) is 0 Å². The van der Waals surface area contributed by atoms with Gasteiger partial charge in [-0.25, -0.2) is 0 Å². The van der Waals surface area contributed by atoms with Gasteiger partial charge in [0.2, 0.25) is 0 Å². The molecule has 1 aliphatic carbocycles. The molecule has 1 radical (unpaired) electrons. The Kier molecular flexibility index (Phi) is 11.0. The minimum absolute atomic E-state index is 0. The van der Waals surface area contributed by atoms with Crippen molar-refractivity contribution in [1.82, 2.24) is 4.98 Å². The van der Waals surface area contributed by atoms with Gasteiger partial charge in [-0.3, -0.25) is 4.79 Å². The molecule has 0 amide bonds. The third-order valence-corrected chi connectivity index (χ3v) is 11.2. The van der Waals surface area contributed by atoms with E-state index >= 15 is 0 Å². The van der Waals surface area contributed by atoms with Gasteiger partial charge in [-0.15, -0.1) is 23.3 Å². The molecule has 5 nitrogen and oxygen atoms in total. The number of nitrogens with zero attached hydrogens (tertiary/aromatic N) is 1. The maximum atomic E-state index is 11.7. The van der Waals surface area contributed by atoms with Gasteiger partial charge in [0, 0.05) is 60.5 Å². The van der Waals surface area contributed by atoms with Crippen molar-refractivity contribution in [2.75, 3.05) is 0 Å². The summed E-state index contributed by atoms with van der Waals surface area (Å²) < 4.78 is 12.6. The van der Waals surface area contributed by atoms with Crippen molar-refractivity contribution in [3.8, 4) is 22.6 Å². The molecule has 0 aliphatic heterocycles. The second-order valence-electron chi connectivity index (χ2n) is 14.4. The molecule has 7 rings (SSSR count). The van der Waals surface area contributed by atoms with Crippen molar-refractivity contribution in [3.63, 3.8) is 0 Å². The zero-order valence-electron chi connectivity index (χ0n) is 30.4. The van der Waals surface area contributed by atoms with Crippen LogP contribution >= 0.6 is 0 Å². The Morgan fingerprint density at radius 2 is 1.44 bits per heavy atom. The van der Waals surface area contributed by atoms with Crippen LogP contribution < -0.4 is 0 Å². The molecule has 0 saturated heterocycles. The molecule has 0 fully saturated rings. The number of furan rings is 2. The largest absolute Gasteiger partial charge is 0.512 e. The Morgan fingerprint density at radius 1 is 0.820 bits per heavy atom. The standard InChI is InChI=1S/C31H24NO2.C13H24O2.Ir/c1-30(2)27-21(13-14-24-26(27)19-10-6-8-12-23(19)34-24)29-28(31(30,3)4)20(15-16-32-29)25-17-18-9-5-7-11-22(18)33-25;1-5-10(6-2)12(14)9-13(15)11(7-3)8-4;/h5-12,14-17H,1-4H3;9-11,14H,5-8H2,1-4H3;/q-1;;/b;12-9-;. The van der Waals surface area contributed by atoms with Gasteiger partial charge in [0.05, 0.1) is 11.3 Å². The number of carbonyl (C=O) groups excluding carboxylic acids is 1. The number of fused-ring (bicyclic) bond motifs is 8. The quantitative estimate of drug-likeness (QED) is 0.0938. The Hall–Kier alpha value is -3.99. The maximum Gasteiger partial charge on any atom is 0.162 e. The first-order valence-electron chi connectivity index (χ1n) is 17.8. The zero-order valence-corrected chi connectivity index (χ0v) is 32.8. The second-order valence-corrected chi connectivity index (χ2v) is 14.4. The van der Waals surface area contributed by atoms with Crippen LogP contribution in [0.2, 0.25) is 0 Å². The fourth-order valence-corrected chi connectivity index (χ4v) is 7.58. The first-order chi connectivity index (χ1) is 23.5. The number of carbonyl (C=O) groups is 1. The Balaban J connectivity index is 0.000000261. The van der Waals surface area contributed by atoms with E-state index in [-0.39, 0.29) is 54.3 Å². The molecule has 6 aromatic rings. The van der Waals surface area contributed by atoms with E-state index in [2.05, 4.69) is 64.1 Å². The van der Waals surface area contributed by atoms with Gasteiger partial charge in [0.1, 0.15) is 16.9 Å². The summed E-state index contributed by atoms with van der Waals surface area (Å²) >= 11 is 0. The topological polar surface area (TPSA) is 76.5 Å². The summed E-state index contributed by atoms with van der Waals surface area (Å²) in [6.45, 7) is 17.4. The van der Waals surface area contributed by atoms with Crippen molar-refractivity contribution < 1.29 is 38.8 Å². The van der Waals surface area contributed by atoms with E-state index in [1.807, 2.05) is 70.3 Å². The molecule has 1 aliphatic rings. The smallest absolute Gasteiger partial charge is 0.162 e. The van der Waals surface area contributed by atoms with Crippen molar-refractivity contribution in [1.29, 1.82) is 0 Å². The summed E-state index contributed by atoms with van der Waals surface area (Å²) in [5.41, 5.74) is 7.80. The van der Waals surface area contributed by atoms with Crippen molar-refractivity contribution in [3.05, 3.63) is 102 Å². The molecule has 3 aromatic heterocycles. The monoisotopic (exact) mass is 847 g/mol. The summed E-state index contributed by atoms with van der Waals surface area (Å²) in [6, 6.07) is 26.2. The number of allylic oxidation sites excluding steroid dienone is 2. The number of pyridine rings is 1. The molecule has 0 bridgehead atoms. The summed E-state index contributed by atoms with van der Waals surface area (Å²) in [7, 11) is 0. The number of hydrogen-bond acceptors (Lipinski definition) is 5. The number of ketones is 1. The van der Waals surface area contributed by atoms with Crippen LogP contribution in [0, 0.1) is 17.9 Å². The number of aliphatic hydroxyl groups is 1. The molecule has 6 heteroatoms. The fraction of sp³-hybridized carbons (Fsp3) is 0.364. The number of aliphatic hydroxyl groups excluding tert-OH is 1. The van der Waals surface area contributed by atoms with E-state index in [9.17, 15) is 9.90 Å². The maximum absolute atomic E-state index is 11.7. The first kappa shape index (κ1) is 37.3. The average Bonchev–Trinajstić information content (AvgIpc) is 3.70. The molecule has 50 heavy (non-hydrogen) atoms. The third-order valence-electron chi connectivity index (χ3n) is 11.2. The fourth-order valence-electron chi connectivity index (χ4n) is 7.58. The molecule has 0 spiro atoms. The van der Waals surface area contributed by atoms with Gasteiger partial charge in [-0.1, -0.05) is 97.2 Å². The zero-order chi connectivity index (χ0) is 35.1. The Bertz CT molecular complexity index is 2140. The van der Waals surface area contributed by atoms with Crippen molar-refractivity contribution in [2.45, 2.75) is 91.9 Å². The number of aromatic nitrogens is 1. The molecule has 263 valence electrons. The van der Waals surface area contributed by atoms with E-state index in [4.69, 9.17) is 13.8 Å². The molecule has 3 heterocycles. The van der Waals surface area contributed by atoms with Crippen LogP contribution in [0.4, 0.5) is 0 Å². The summed E-state index contributed by atoms with van der Waals surface area (Å²) in [4.78, 5) is 16.6. The van der Waals surface area contributed by atoms with E-state index < -0.39 is 0 Å². The Morgan fingerprint density at radius 3 is 2.10 bits per heavy atom. The van der Waals surface area contributed by atoms with Crippen LogP contribution in [0.3, 0.4) is 0 Å². The van der Waals surface area contributed by atoms with E-state index in [1.165, 1.54) is 22.6 Å². The predicted octanol–water partition coefficient (Wildman–Crippen LogP) is 12.3. The van der Waals surface area contributed by atoms with Crippen molar-refractivity contribution in [2.24, 2.45) is 11.8 Å². The van der Waals surface area contributed by atoms with Crippen LogP contribution in [0.5, 0.6) is 0 Å². The van der Waals surface area contributed by atoms with Crippen LogP contribution in [0.25, 0.3) is 55.5 Å². The van der Waals surface area contributed by atoms with Crippen LogP contribution in [-0.4, -0.2) is 15.9 Å². The summed E-state index contributed by atoms with van der Waals surface area (Å²) in [6.07, 6.45) is 6.80. The number of hydrogen-bond donors (Lipinski definition) is 1. The van der Waals surface area contributed by atoms with E-state index in [0.29, 0.717) is 0 Å². The van der Waals surface area contributed by atoms with Gasteiger partial charge >= 0.3 is 0 Å².